The highest BCUT2D eigenvalue weighted by Crippen LogP contribution is 2.39. The molecule has 0 amide bonds. The summed E-state index contributed by atoms with van der Waals surface area (Å²) in [6.45, 7) is 10.9. The number of carbonyl (C=O) groups is 2. The van der Waals surface area contributed by atoms with Crippen molar-refractivity contribution in [3.8, 4) is 0 Å². The summed E-state index contributed by atoms with van der Waals surface area (Å²) in [5.74, 6) is -1.22. The molecule has 90 valence electrons. The summed E-state index contributed by atoms with van der Waals surface area (Å²) in [7, 11) is 0. The van der Waals surface area contributed by atoms with E-state index in [1.165, 1.54) is 0 Å². The predicted molar refractivity (Wildman–Crippen MR) is 61.9 cm³/mol. The third-order valence-corrected chi connectivity index (χ3v) is 2.63. The third kappa shape index (κ3) is 2.52. The lowest BCUT2D eigenvalue weighted by atomic mass is 9.81. The first kappa shape index (κ1) is 12.9. The van der Waals surface area contributed by atoms with Crippen molar-refractivity contribution in [1.29, 1.82) is 0 Å². The Labute approximate surface area is 96.9 Å². The van der Waals surface area contributed by atoms with Gasteiger partial charge in [-0.3, -0.25) is 9.59 Å². The Bertz CT molecular complexity index is 356. The van der Waals surface area contributed by atoms with Crippen molar-refractivity contribution in [2.75, 3.05) is 0 Å². The van der Waals surface area contributed by atoms with Gasteiger partial charge in [0, 0.05) is 5.41 Å². The number of carbonyl (C=O) groups excluding carboxylic acids is 2. The summed E-state index contributed by atoms with van der Waals surface area (Å²) in [6.07, 6.45) is 1.85. The minimum absolute atomic E-state index is 0.112. The van der Waals surface area contributed by atoms with Gasteiger partial charge in [-0.25, -0.2) is 0 Å². The van der Waals surface area contributed by atoms with Crippen LogP contribution in [-0.2, 0) is 14.3 Å². The second kappa shape index (κ2) is 3.72. The van der Waals surface area contributed by atoms with E-state index in [9.17, 15) is 9.59 Å². The van der Waals surface area contributed by atoms with E-state index in [1.54, 1.807) is 27.7 Å². The minimum Gasteiger partial charge on any atom is -0.459 e. The molecule has 0 aromatic carbocycles. The Hall–Kier alpha value is -1.12. The van der Waals surface area contributed by atoms with Crippen molar-refractivity contribution < 1.29 is 14.3 Å². The molecule has 0 saturated carbocycles. The zero-order valence-corrected chi connectivity index (χ0v) is 10.9. The smallest absolute Gasteiger partial charge is 0.318 e. The molecule has 0 bridgehead atoms. The highest BCUT2D eigenvalue weighted by Gasteiger charge is 2.46. The van der Waals surface area contributed by atoms with Gasteiger partial charge >= 0.3 is 5.97 Å². The fourth-order valence-electron chi connectivity index (χ4n) is 2.05. The largest absolute Gasteiger partial charge is 0.459 e. The van der Waals surface area contributed by atoms with Crippen LogP contribution in [0.15, 0.2) is 11.6 Å². The standard InChI is InChI=1S/C13H20O3/c1-8-7-13(5,6)9(10(8)14)11(15)16-12(2,3)4/h7,9H,1-6H3. The first-order valence-corrected chi connectivity index (χ1v) is 5.51. The van der Waals surface area contributed by atoms with Gasteiger partial charge in [-0.05, 0) is 33.3 Å². The van der Waals surface area contributed by atoms with Crippen LogP contribution in [0.2, 0.25) is 0 Å². The number of rotatable bonds is 1. The van der Waals surface area contributed by atoms with Crippen molar-refractivity contribution in [2.24, 2.45) is 11.3 Å². The van der Waals surface area contributed by atoms with E-state index in [2.05, 4.69) is 0 Å². The van der Waals surface area contributed by atoms with Gasteiger partial charge in [0.1, 0.15) is 11.5 Å². The Morgan fingerprint density at radius 1 is 1.38 bits per heavy atom. The summed E-state index contributed by atoms with van der Waals surface area (Å²) in [5, 5.41) is 0. The quantitative estimate of drug-likeness (QED) is 0.507. The average molecular weight is 224 g/mol. The van der Waals surface area contributed by atoms with E-state index in [4.69, 9.17) is 4.74 Å². The molecular weight excluding hydrogens is 204 g/mol. The summed E-state index contributed by atoms with van der Waals surface area (Å²) in [6, 6.07) is 0. The topological polar surface area (TPSA) is 43.4 Å². The molecule has 1 unspecified atom stereocenters. The van der Waals surface area contributed by atoms with Crippen molar-refractivity contribution in [2.45, 2.75) is 47.1 Å². The maximum absolute atomic E-state index is 12.0. The van der Waals surface area contributed by atoms with Crippen LogP contribution < -0.4 is 0 Å². The Kier molecular flexibility index (Phi) is 3.01. The number of esters is 1. The van der Waals surface area contributed by atoms with Gasteiger partial charge in [0.05, 0.1) is 0 Å². The summed E-state index contributed by atoms with van der Waals surface area (Å²) in [4.78, 5) is 23.8. The molecule has 0 fully saturated rings. The molecule has 0 N–H and O–H groups in total. The molecule has 0 saturated heterocycles. The van der Waals surface area contributed by atoms with Crippen LogP contribution in [0.4, 0.5) is 0 Å². The van der Waals surface area contributed by atoms with Gasteiger partial charge in [-0.2, -0.15) is 0 Å². The Morgan fingerprint density at radius 3 is 2.19 bits per heavy atom. The molecule has 1 atom stereocenters. The molecule has 3 heteroatoms. The normalized spacial score (nSPS) is 24.2. The Morgan fingerprint density at radius 2 is 1.88 bits per heavy atom. The van der Waals surface area contributed by atoms with Crippen molar-refractivity contribution in [3.05, 3.63) is 11.6 Å². The van der Waals surface area contributed by atoms with E-state index >= 15 is 0 Å². The van der Waals surface area contributed by atoms with Gasteiger partial charge < -0.3 is 4.74 Å². The van der Waals surface area contributed by atoms with Crippen LogP contribution in [0.25, 0.3) is 0 Å². The molecule has 0 spiro atoms. The Balaban J connectivity index is 2.91. The van der Waals surface area contributed by atoms with Gasteiger partial charge in [-0.15, -0.1) is 0 Å². The fraction of sp³-hybridized carbons (Fsp3) is 0.692. The number of ether oxygens (including phenoxy) is 1. The number of ketones is 1. The number of hydrogen-bond acceptors (Lipinski definition) is 3. The highest BCUT2D eigenvalue weighted by molar-refractivity contribution is 6.11. The zero-order valence-electron chi connectivity index (χ0n) is 10.9. The van der Waals surface area contributed by atoms with E-state index in [0.717, 1.165) is 0 Å². The molecule has 0 radical (unpaired) electrons. The van der Waals surface area contributed by atoms with Crippen molar-refractivity contribution in [1.82, 2.24) is 0 Å². The van der Waals surface area contributed by atoms with E-state index < -0.39 is 22.9 Å². The van der Waals surface area contributed by atoms with Gasteiger partial charge in [0.25, 0.3) is 0 Å². The molecule has 1 aliphatic rings. The number of Topliss-reactive ketones (excluding diaryl/α,β-unsaturated/α-hetero) is 1. The number of hydrogen-bond donors (Lipinski definition) is 0. The van der Waals surface area contributed by atoms with E-state index in [0.29, 0.717) is 5.57 Å². The van der Waals surface area contributed by atoms with Crippen LogP contribution in [0.5, 0.6) is 0 Å². The number of allylic oxidation sites excluding steroid dienone is 2. The molecule has 1 rings (SSSR count). The zero-order chi connectivity index (χ0) is 12.7. The molecule has 0 heterocycles. The van der Waals surface area contributed by atoms with Crippen molar-refractivity contribution >= 4 is 11.8 Å². The maximum atomic E-state index is 12.0. The first-order valence-electron chi connectivity index (χ1n) is 5.51. The molecule has 16 heavy (non-hydrogen) atoms. The second-order valence-electron chi connectivity index (χ2n) is 5.98. The average Bonchev–Trinajstić information content (AvgIpc) is 2.16. The van der Waals surface area contributed by atoms with Crippen LogP contribution in [0, 0.1) is 11.3 Å². The van der Waals surface area contributed by atoms with E-state index in [-0.39, 0.29) is 5.78 Å². The summed E-state index contributed by atoms with van der Waals surface area (Å²) >= 11 is 0. The molecule has 1 aliphatic carbocycles. The highest BCUT2D eigenvalue weighted by atomic mass is 16.6. The van der Waals surface area contributed by atoms with Crippen LogP contribution >= 0.6 is 0 Å². The molecule has 3 nitrogen and oxygen atoms in total. The molecule has 0 aromatic heterocycles. The van der Waals surface area contributed by atoms with Crippen LogP contribution in [-0.4, -0.2) is 17.4 Å². The lowest BCUT2D eigenvalue weighted by Gasteiger charge is -2.27. The summed E-state index contributed by atoms with van der Waals surface area (Å²) < 4.78 is 5.28. The monoisotopic (exact) mass is 224 g/mol. The molecule has 0 aliphatic heterocycles. The van der Waals surface area contributed by atoms with Gasteiger partial charge in [-0.1, -0.05) is 19.9 Å². The lowest BCUT2D eigenvalue weighted by Crippen LogP contribution is -2.37. The molecule has 0 aromatic rings. The summed E-state index contributed by atoms with van der Waals surface area (Å²) in [5.41, 5.74) is -0.339. The fourth-order valence-corrected chi connectivity index (χ4v) is 2.05. The van der Waals surface area contributed by atoms with Gasteiger partial charge in [0.15, 0.2) is 5.78 Å². The van der Waals surface area contributed by atoms with Crippen LogP contribution in [0.3, 0.4) is 0 Å². The third-order valence-electron chi connectivity index (χ3n) is 2.63. The maximum Gasteiger partial charge on any atom is 0.318 e. The first-order chi connectivity index (χ1) is 7.04. The van der Waals surface area contributed by atoms with Crippen molar-refractivity contribution in [3.63, 3.8) is 0 Å². The lowest BCUT2D eigenvalue weighted by molar-refractivity contribution is -0.164. The minimum atomic E-state index is -0.688. The van der Waals surface area contributed by atoms with Gasteiger partial charge in [0.2, 0.25) is 0 Å². The SMILES string of the molecule is CC1=CC(C)(C)C(C(=O)OC(C)(C)C)C1=O. The molecular formula is C13H20O3. The second-order valence-corrected chi connectivity index (χ2v) is 5.98. The van der Waals surface area contributed by atoms with E-state index in [1.807, 2.05) is 19.9 Å². The predicted octanol–water partition coefficient (Wildman–Crippen LogP) is 2.50. The van der Waals surface area contributed by atoms with Crippen LogP contribution in [0.1, 0.15) is 41.5 Å².